The minimum absolute atomic E-state index is 0. The number of allylic oxidation sites excluding steroid dienone is 4. The third-order valence-electron chi connectivity index (χ3n) is 9.27. The first-order chi connectivity index (χ1) is 15.6. The molecule has 1 unspecified atom stereocenters. The van der Waals surface area contributed by atoms with Gasteiger partial charge in [0.05, 0.1) is 0 Å². The zero-order chi connectivity index (χ0) is 24.7. The minimum atomic E-state index is -3.31. The van der Waals surface area contributed by atoms with Gasteiger partial charge < -0.3 is 0 Å². The van der Waals surface area contributed by atoms with Crippen LogP contribution in [0.25, 0.3) is 0 Å². The molecule has 1 aliphatic carbocycles. The average molecular weight is 571 g/mol. The molecule has 1 nitrogen and oxygen atoms in total. The molecule has 0 bridgehead atoms. The molecule has 0 aromatic carbocycles. The van der Waals surface area contributed by atoms with Crippen LogP contribution < -0.4 is 0 Å². The predicted octanol–water partition coefficient (Wildman–Crippen LogP) is 12.0. The molecule has 0 fully saturated rings. The van der Waals surface area contributed by atoms with Gasteiger partial charge in [-0.3, -0.25) is 0 Å². The second-order valence-electron chi connectivity index (χ2n) is 14.3. The summed E-state index contributed by atoms with van der Waals surface area (Å²) in [6, 6.07) is 0. The van der Waals surface area contributed by atoms with Crippen molar-refractivity contribution in [2.24, 2.45) is 0 Å². The standard InChI is InChI=1S/C22H46N.C5H5.4CH3.2ClH.Ti/c1-4-7-9-11-13-15-17-19-21-23(6-3)22-20-18-16-14-12-10-8-5-2;1-2-4-5-3-1;;;;;;;/h6H,4-5,7-22H2,1-3H3;1-3H,4H2;4*1H3;2*1H;. The van der Waals surface area contributed by atoms with Gasteiger partial charge in [-0.25, -0.2) is 0 Å². The number of halogens is 2. The van der Waals surface area contributed by atoms with Crippen molar-refractivity contribution in [3.8, 4) is 0 Å². The summed E-state index contributed by atoms with van der Waals surface area (Å²) in [7, 11) is 0. The molecule has 35 heavy (non-hydrogen) atoms. The molecular formula is C31H65Cl2NTi. The second kappa shape index (κ2) is 18.1. The topological polar surface area (TPSA) is 3.24 Å². The number of unbranched alkanes of at least 4 members (excludes halogenated alkanes) is 14. The van der Waals surface area contributed by atoms with Crippen molar-refractivity contribution in [3.63, 3.8) is 0 Å². The Morgan fingerprint density at radius 2 is 1.03 bits per heavy atom. The van der Waals surface area contributed by atoms with E-state index in [1.165, 1.54) is 122 Å². The normalized spacial score (nSPS) is 16.3. The first-order valence-corrected chi connectivity index (χ1v) is 23.1. The Bertz CT molecular complexity index is 570. The summed E-state index contributed by atoms with van der Waals surface area (Å²) in [5.74, 6) is 0. The smallest absolute Gasteiger partial charge is 0.147 e. The van der Waals surface area contributed by atoms with Crippen LogP contribution in [0.2, 0.25) is 20.9 Å². The molecule has 0 saturated heterocycles. The van der Waals surface area contributed by atoms with Crippen molar-refractivity contribution in [2.75, 3.05) is 13.1 Å². The van der Waals surface area contributed by atoms with Crippen molar-refractivity contribution in [1.82, 2.24) is 4.90 Å². The van der Waals surface area contributed by atoms with Crippen LogP contribution in [0, 0.1) is 0 Å². The molecule has 0 amide bonds. The fraction of sp³-hybridized carbons (Fsp3) is 0.871. The Kier molecular flexibility index (Phi) is 19.6. The molecule has 0 saturated carbocycles. The van der Waals surface area contributed by atoms with Gasteiger partial charge in [-0.2, -0.15) is 0 Å². The first-order valence-electron chi connectivity index (χ1n) is 15.1. The average Bonchev–Trinajstić information content (AvgIpc) is 3.32. The molecule has 212 valence electrons. The SMILES string of the molecule is CCCCCCCCCCN(CCCCCCCCCC)[CH](C)[Ti]([CH3])([CH3])([CH3])([CH3])[C]1=CC=CC1.Cl.Cl. The number of nitrogens with zero attached hydrogens (tertiary/aromatic N) is 1. The molecule has 0 heterocycles. The van der Waals surface area contributed by atoms with Gasteiger partial charge in [0, 0.05) is 0 Å². The van der Waals surface area contributed by atoms with E-state index in [1.54, 1.807) is 3.88 Å². The molecule has 0 N–H and O–H groups in total. The van der Waals surface area contributed by atoms with Crippen molar-refractivity contribution in [1.29, 1.82) is 0 Å². The minimum Gasteiger partial charge on any atom is -0.147 e. The third-order valence-corrected chi connectivity index (χ3v) is 20.9. The summed E-state index contributed by atoms with van der Waals surface area (Å²) in [5, 5.41) is 10.8. The van der Waals surface area contributed by atoms with Crippen LogP contribution in [0.1, 0.15) is 130 Å². The van der Waals surface area contributed by atoms with Crippen LogP contribution in [0.5, 0.6) is 0 Å². The maximum atomic E-state index is 2.94. The van der Waals surface area contributed by atoms with E-state index in [9.17, 15) is 0 Å². The van der Waals surface area contributed by atoms with E-state index in [0.29, 0.717) is 4.35 Å². The van der Waals surface area contributed by atoms with Gasteiger partial charge in [0.2, 0.25) is 0 Å². The van der Waals surface area contributed by atoms with Crippen LogP contribution in [0.15, 0.2) is 22.1 Å². The summed E-state index contributed by atoms with van der Waals surface area (Å²) in [4.78, 5) is 2.94. The van der Waals surface area contributed by atoms with Crippen molar-refractivity contribution >= 4 is 24.8 Å². The molecule has 0 radical (unpaired) electrons. The first kappa shape index (κ1) is 37.9. The van der Waals surface area contributed by atoms with Crippen molar-refractivity contribution < 1.29 is 14.0 Å². The maximum Gasteiger partial charge on any atom is -0.147 e. The van der Waals surface area contributed by atoms with Crippen LogP contribution in [0.3, 0.4) is 0 Å². The second-order valence-corrected chi connectivity index (χ2v) is 33.1. The summed E-state index contributed by atoms with van der Waals surface area (Å²) in [6.45, 7) is 9.83. The van der Waals surface area contributed by atoms with E-state index in [1.807, 2.05) is 0 Å². The predicted molar refractivity (Wildman–Crippen MR) is 166 cm³/mol. The van der Waals surface area contributed by atoms with Gasteiger partial charge in [-0.15, -0.1) is 24.8 Å². The molecule has 0 aromatic heterocycles. The van der Waals surface area contributed by atoms with E-state index in [2.05, 4.69) is 64.8 Å². The maximum absolute atomic E-state index is 3.31. The van der Waals surface area contributed by atoms with Crippen molar-refractivity contribution in [2.45, 2.75) is 155 Å². The molecular weight excluding hydrogens is 505 g/mol. The Morgan fingerprint density at radius 1 is 0.657 bits per heavy atom. The molecule has 4 heteroatoms. The number of hydrogen-bond donors (Lipinski definition) is 0. The molecule has 1 rings (SSSR count). The Morgan fingerprint density at radius 3 is 1.37 bits per heavy atom. The zero-order valence-corrected chi connectivity index (χ0v) is 28.2. The van der Waals surface area contributed by atoms with E-state index in [-0.39, 0.29) is 24.8 Å². The van der Waals surface area contributed by atoms with E-state index < -0.39 is 14.0 Å². The largest absolute Gasteiger partial charge is 0.147 e. The summed E-state index contributed by atoms with van der Waals surface area (Å²) >= 11 is -3.31. The van der Waals surface area contributed by atoms with Gasteiger partial charge in [-0.05, 0) is 0 Å². The van der Waals surface area contributed by atoms with E-state index in [0.717, 1.165) is 0 Å². The fourth-order valence-electron chi connectivity index (χ4n) is 5.78. The van der Waals surface area contributed by atoms with Crippen molar-refractivity contribution in [3.05, 3.63) is 22.1 Å². The Balaban J connectivity index is 0. The number of hydrogen-bond acceptors (Lipinski definition) is 1. The zero-order valence-electron chi connectivity index (χ0n) is 25.0. The van der Waals surface area contributed by atoms with Gasteiger partial charge in [0.25, 0.3) is 0 Å². The number of rotatable bonds is 21. The monoisotopic (exact) mass is 569 g/mol. The molecule has 1 atom stereocenters. The molecule has 0 spiro atoms. The van der Waals surface area contributed by atoms with Crippen LogP contribution >= 0.6 is 24.8 Å². The van der Waals surface area contributed by atoms with Crippen LogP contribution in [-0.2, 0) is 14.0 Å². The van der Waals surface area contributed by atoms with Crippen LogP contribution in [-0.4, -0.2) is 22.3 Å². The fourth-order valence-corrected chi connectivity index (χ4v) is 12.6. The Hall–Kier alpha value is 0.734. The Labute approximate surface area is 233 Å². The van der Waals surface area contributed by atoms with E-state index in [4.69, 9.17) is 0 Å². The summed E-state index contributed by atoms with van der Waals surface area (Å²) < 4.78 is 2.48. The quantitative estimate of drug-likeness (QED) is 0.0980. The van der Waals surface area contributed by atoms with Gasteiger partial charge >= 0.3 is 209 Å². The van der Waals surface area contributed by atoms with Crippen LogP contribution in [0.4, 0.5) is 0 Å². The van der Waals surface area contributed by atoms with Gasteiger partial charge in [-0.1, -0.05) is 0 Å². The molecule has 0 aliphatic heterocycles. The summed E-state index contributed by atoms with van der Waals surface area (Å²) in [6.07, 6.45) is 31.1. The van der Waals surface area contributed by atoms with E-state index >= 15 is 0 Å². The van der Waals surface area contributed by atoms with Gasteiger partial charge in [0.15, 0.2) is 0 Å². The van der Waals surface area contributed by atoms with Gasteiger partial charge in [0.1, 0.15) is 0 Å². The third kappa shape index (κ3) is 13.9. The molecule has 1 aliphatic rings. The molecule has 0 aromatic rings. The summed E-state index contributed by atoms with van der Waals surface area (Å²) in [5.41, 5.74) is 0.